The number of rotatable bonds is 20. The number of hydrogen-bond donors (Lipinski definition) is 8. The number of nitrogens with zero attached hydrogens (tertiary/aromatic N) is 9. The van der Waals surface area contributed by atoms with Gasteiger partial charge in [-0.05, 0) is 50.8 Å². The van der Waals surface area contributed by atoms with Gasteiger partial charge in [-0.25, -0.2) is 43.3 Å². The van der Waals surface area contributed by atoms with Crippen LogP contribution in [0.1, 0.15) is 58.1 Å². The maximum absolute atomic E-state index is 14.1. The average Bonchev–Trinajstić information content (AvgIpc) is 3.97. The van der Waals surface area contributed by atoms with Gasteiger partial charge in [0.25, 0.3) is 0 Å². The van der Waals surface area contributed by atoms with Crippen LogP contribution in [0.4, 0.5) is 26.9 Å². The van der Waals surface area contributed by atoms with Crippen LogP contribution in [0.15, 0.2) is 59.1 Å². The highest BCUT2D eigenvalue weighted by Gasteiger charge is 2.50. The molecule has 1 aromatic carbocycles. The molecule has 380 valence electrons. The molecule has 0 radical (unpaired) electrons. The van der Waals surface area contributed by atoms with Gasteiger partial charge in [0, 0.05) is 29.8 Å². The van der Waals surface area contributed by atoms with Crippen molar-refractivity contribution >= 4 is 62.3 Å². The van der Waals surface area contributed by atoms with Crippen LogP contribution in [0.25, 0.3) is 21.6 Å². The fourth-order valence-corrected chi connectivity index (χ4v) is 8.29. The third-order valence-electron chi connectivity index (χ3n) is 10.1. The summed E-state index contributed by atoms with van der Waals surface area (Å²) in [7, 11) is -10.4. The lowest BCUT2D eigenvalue weighted by molar-refractivity contribution is -0.159. The summed E-state index contributed by atoms with van der Waals surface area (Å²) in [6.45, 7) is 2.54. The Morgan fingerprint density at radius 1 is 1.03 bits per heavy atom. The van der Waals surface area contributed by atoms with E-state index in [-0.39, 0.29) is 60.9 Å². The highest BCUT2D eigenvalue weighted by Crippen LogP contribution is 2.50. The molecule has 3 aromatic heterocycles. The Balaban J connectivity index is 1.18. The van der Waals surface area contributed by atoms with E-state index in [0.717, 1.165) is 10.9 Å². The van der Waals surface area contributed by atoms with Crippen LogP contribution in [0, 0.1) is 0 Å². The molecule has 2 aliphatic rings. The zero-order valence-corrected chi connectivity index (χ0v) is 39.1. The number of amides is 2. The maximum Gasteiger partial charge on any atom is 0.472 e. The van der Waals surface area contributed by atoms with Gasteiger partial charge in [0.15, 0.2) is 23.8 Å². The quantitative estimate of drug-likeness (QED) is 0.0119. The summed E-state index contributed by atoms with van der Waals surface area (Å²) in [5.41, 5.74) is 19.3. The molecule has 2 unspecified atom stereocenters. The van der Waals surface area contributed by atoms with Gasteiger partial charge in [0.1, 0.15) is 66.6 Å². The van der Waals surface area contributed by atoms with E-state index >= 15 is 0 Å². The van der Waals surface area contributed by atoms with E-state index in [1.54, 1.807) is 39.0 Å². The number of aliphatic hydroxyl groups is 1. The number of hydrogen-bond acceptors (Lipinski definition) is 22. The Kier molecular flexibility index (Phi) is 17.1. The van der Waals surface area contributed by atoms with Crippen molar-refractivity contribution in [2.45, 2.75) is 101 Å². The summed E-state index contributed by atoms with van der Waals surface area (Å²) < 4.78 is 70.8. The zero-order chi connectivity index (χ0) is 51.0. The van der Waals surface area contributed by atoms with Crippen molar-refractivity contribution in [1.82, 2.24) is 39.7 Å². The lowest BCUT2D eigenvalue weighted by Gasteiger charge is -2.26. The Labute approximate surface area is 395 Å². The Bertz CT molecular complexity index is 2730. The van der Waals surface area contributed by atoms with Crippen LogP contribution < -0.4 is 27.8 Å². The molecular weight excluding hydrogens is 976 g/mol. The van der Waals surface area contributed by atoms with Gasteiger partial charge in [-0.2, -0.15) is 4.98 Å². The third-order valence-corrected chi connectivity index (χ3v) is 11.6. The minimum atomic E-state index is -5.30. The molecule has 33 heteroatoms. The molecule has 2 saturated heterocycles. The van der Waals surface area contributed by atoms with Crippen LogP contribution in [-0.2, 0) is 57.8 Å². The van der Waals surface area contributed by atoms with Crippen molar-refractivity contribution in [3.63, 3.8) is 0 Å². The lowest BCUT2D eigenvalue weighted by Crippen LogP contribution is -2.48. The number of imidazole rings is 1. The number of alkyl carbamates (subject to hydrolysis) is 2. The topological polar surface area (TPSA) is 443 Å². The molecule has 2 amide bonds. The SMILES string of the molecule is CC(C)(C)OC(=O)NC(CCCNC(=O)OCc1ccccc1N=[N+]=[N-])C(=O)O[C@H]1[C@@H](O)[C@H](n2cnc3c(N)ncnc32)O[C@@H]1COP(=O)(O)O[C@H]1C[C@H](n2ccc(N)nc2=O)O[C@@H]1COP(=O)(O)O. The van der Waals surface area contributed by atoms with Crippen LogP contribution in [0.2, 0.25) is 0 Å². The number of anilines is 2. The molecule has 10 N–H and O–H groups in total. The number of azide groups is 1. The molecule has 0 spiro atoms. The normalized spacial score (nSPS) is 22.6. The Morgan fingerprint density at radius 3 is 2.49 bits per heavy atom. The highest BCUT2D eigenvalue weighted by atomic mass is 31.2. The number of carbonyl (C=O) groups is 3. The first-order valence-electron chi connectivity index (χ1n) is 20.9. The predicted octanol–water partition coefficient (Wildman–Crippen LogP) is 1.86. The van der Waals surface area contributed by atoms with Crippen molar-refractivity contribution in [2.24, 2.45) is 5.11 Å². The molecule has 2 aliphatic heterocycles. The monoisotopic (exact) mass is 1030 g/mol. The molecule has 6 rings (SSSR count). The van der Waals surface area contributed by atoms with E-state index in [1.165, 1.54) is 29.2 Å². The second-order valence-electron chi connectivity index (χ2n) is 16.3. The van der Waals surface area contributed by atoms with Crippen LogP contribution in [0.5, 0.6) is 0 Å². The molecule has 2 fully saturated rings. The molecule has 70 heavy (non-hydrogen) atoms. The van der Waals surface area contributed by atoms with Gasteiger partial charge in [-0.15, -0.1) is 0 Å². The van der Waals surface area contributed by atoms with Gasteiger partial charge < -0.3 is 65.6 Å². The maximum atomic E-state index is 14.1. The van der Waals surface area contributed by atoms with Gasteiger partial charge in [-0.1, -0.05) is 29.4 Å². The number of carbonyl (C=O) groups excluding carboxylic acids is 3. The minimum Gasteiger partial charge on any atom is -0.455 e. The number of fused-ring (bicyclic) bond motifs is 1. The minimum absolute atomic E-state index is 0.0153. The first-order valence-corrected chi connectivity index (χ1v) is 23.9. The number of nitrogens with one attached hydrogen (secondary N) is 2. The first-order chi connectivity index (χ1) is 33.0. The molecule has 5 heterocycles. The summed E-state index contributed by atoms with van der Waals surface area (Å²) in [6.07, 6.45) is -9.95. The van der Waals surface area contributed by atoms with E-state index in [2.05, 4.69) is 45.1 Å². The van der Waals surface area contributed by atoms with Gasteiger partial charge in [-0.3, -0.25) is 22.7 Å². The molecule has 0 aliphatic carbocycles. The smallest absolute Gasteiger partial charge is 0.455 e. The number of phosphoric ester groups is 2. The largest absolute Gasteiger partial charge is 0.472 e. The van der Waals surface area contributed by atoms with Crippen molar-refractivity contribution < 1.29 is 80.6 Å². The molecular formula is C37H49N13O18P2. The van der Waals surface area contributed by atoms with Crippen molar-refractivity contribution in [2.75, 3.05) is 31.2 Å². The van der Waals surface area contributed by atoms with Crippen molar-refractivity contribution in [3.8, 4) is 0 Å². The predicted molar refractivity (Wildman–Crippen MR) is 235 cm³/mol. The van der Waals surface area contributed by atoms with Gasteiger partial charge >= 0.3 is 39.5 Å². The number of aliphatic hydroxyl groups excluding tert-OH is 1. The fraction of sp³-hybridized carbons (Fsp3) is 0.514. The highest BCUT2D eigenvalue weighted by molar-refractivity contribution is 7.47. The van der Waals surface area contributed by atoms with Crippen LogP contribution in [0.3, 0.4) is 0 Å². The number of phosphoric acid groups is 2. The van der Waals surface area contributed by atoms with E-state index in [4.69, 9.17) is 49.7 Å². The van der Waals surface area contributed by atoms with Crippen LogP contribution >= 0.6 is 15.6 Å². The van der Waals surface area contributed by atoms with Crippen molar-refractivity contribution in [1.29, 1.82) is 0 Å². The standard InChI is InChI=1S/C37H49N13O18P2/c1-37(2,3)67-36(55)45-21(9-6-11-41-35(54)61-14-19-7-4-5-8-20(19)47-48-40)33(52)66-29-24(65-32(28(29)51)50-18-44-27-30(39)42-17-43-31(27)50)16-63-70(59,60)68-22-13-26(49-12-10-25(38)46-34(49)53)64-23(22)15-62-69(56,57)58/h4-5,7-8,10,12,17-18,21-24,26,28-29,32,51H,6,9,11,13-16H2,1-3H3,(H,41,54)(H,45,55)(H,59,60)(H2,38,46,53)(H2,39,42,43)(H2,56,57,58)/t21?,22-,23+,24+,26+,28+,29+,32+/m0/s1. The summed E-state index contributed by atoms with van der Waals surface area (Å²) in [5.74, 6) is -1.33. The summed E-state index contributed by atoms with van der Waals surface area (Å²) in [4.78, 5) is 100. The lowest BCUT2D eigenvalue weighted by atomic mass is 10.1. The van der Waals surface area contributed by atoms with E-state index in [0.29, 0.717) is 5.56 Å². The van der Waals surface area contributed by atoms with E-state index in [1.807, 2.05) is 0 Å². The van der Waals surface area contributed by atoms with E-state index < -0.39 is 107 Å². The number of aromatic nitrogens is 6. The Hall–Kier alpha value is -6.33. The number of ether oxygens (including phenoxy) is 5. The second-order valence-corrected chi connectivity index (χ2v) is 18.9. The Morgan fingerprint density at radius 2 is 1.77 bits per heavy atom. The fourth-order valence-electron chi connectivity index (χ4n) is 6.99. The summed E-state index contributed by atoms with van der Waals surface area (Å²) >= 11 is 0. The molecule has 0 saturated carbocycles. The molecule has 4 aromatic rings. The zero-order valence-electron chi connectivity index (χ0n) is 37.3. The third kappa shape index (κ3) is 14.4. The average molecular weight is 1030 g/mol. The molecule has 9 atom stereocenters. The first kappa shape index (κ1) is 53.0. The van der Waals surface area contributed by atoms with E-state index in [9.17, 15) is 48.1 Å². The summed E-state index contributed by atoms with van der Waals surface area (Å²) in [5, 5.41) is 20.2. The van der Waals surface area contributed by atoms with Gasteiger partial charge in [0.05, 0.1) is 19.5 Å². The van der Waals surface area contributed by atoms with Crippen molar-refractivity contribution in [3.05, 3.63) is 75.7 Å². The van der Waals surface area contributed by atoms with Crippen LogP contribution in [-0.4, -0.2) is 129 Å². The second kappa shape index (κ2) is 22.6. The number of esters is 1. The number of nitrogen functional groups attached to an aromatic ring is 2. The molecule has 0 bridgehead atoms. The molecule has 31 nitrogen and oxygen atoms in total. The number of benzene rings is 1. The summed E-state index contributed by atoms with van der Waals surface area (Å²) in [6, 6.07) is 6.16. The number of nitrogens with two attached hydrogens (primary N) is 2. The van der Waals surface area contributed by atoms with Gasteiger partial charge in [0.2, 0.25) is 0 Å².